The number of benzene rings is 2. The molecule has 0 saturated heterocycles. The highest BCUT2D eigenvalue weighted by molar-refractivity contribution is 5.78. The summed E-state index contributed by atoms with van der Waals surface area (Å²) < 4.78 is 10.7. The second-order valence-electron chi connectivity index (χ2n) is 5.71. The van der Waals surface area contributed by atoms with Gasteiger partial charge >= 0.3 is 5.97 Å². The molecule has 2 aromatic rings. The molecule has 0 aromatic heterocycles. The first-order valence-electron chi connectivity index (χ1n) is 8.33. The molecule has 0 saturated carbocycles. The minimum atomic E-state index is -0.224. The van der Waals surface area contributed by atoms with Crippen LogP contribution in [0.5, 0.6) is 5.75 Å². The summed E-state index contributed by atoms with van der Waals surface area (Å²) in [5.41, 5.74) is 9.86. The van der Waals surface area contributed by atoms with Gasteiger partial charge < -0.3 is 15.2 Å². The topological polar surface area (TPSA) is 61.5 Å². The third-order valence-corrected chi connectivity index (χ3v) is 3.85. The molecule has 2 N–H and O–H groups in total. The fourth-order valence-corrected chi connectivity index (χ4v) is 2.52. The number of nitrogens with two attached hydrogens (primary N) is 1. The standard InChI is InChI=1S/C20H25NO3/c1-3-4-12-24-20-17(16-8-6-5-7-9-16)13-15(14-18(20)21)10-11-19(22)23-2/h5-9,13-14H,3-4,10-12,21H2,1-2H3. The number of hydrogen-bond acceptors (Lipinski definition) is 4. The van der Waals surface area contributed by atoms with Gasteiger partial charge in [-0.15, -0.1) is 0 Å². The van der Waals surface area contributed by atoms with Gasteiger partial charge in [0.25, 0.3) is 0 Å². The van der Waals surface area contributed by atoms with E-state index in [0.29, 0.717) is 25.1 Å². The predicted molar refractivity (Wildman–Crippen MR) is 97.0 cm³/mol. The molecule has 0 amide bonds. The Morgan fingerprint density at radius 1 is 1.17 bits per heavy atom. The van der Waals surface area contributed by atoms with E-state index in [9.17, 15) is 4.79 Å². The fraction of sp³-hybridized carbons (Fsp3) is 0.350. The van der Waals surface area contributed by atoms with E-state index in [0.717, 1.165) is 35.3 Å². The van der Waals surface area contributed by atoms with Gasteiger partial charge in [0.1, 0.15) is 5.75 Å². The molecule has 0 aliphatic heterocycles. The quantitative estimate of drug-likeness (QED) is 0.448. The molecule has 2 aromatic carbocycles. The van der Waals surface area contributed by atoms with Crippen molar-refractivity contribution < 1.29 is 14.3 Å². The van der Waals surface area contributed by atoms with Gasteiger partial charge in [-0.2, -0.15) is 0 Å². The van der Waals surface area contributed by atoms with E-state index in [1.807, 2.05) is 36.4 Å². The SMILES string of the molecule is CCCCOc1c(N)cc(CCC(=O)OC)cc1-c1ccccc1. The molecule has 0 aliphatic carbocycles. The van der Waals surface area contributed by atoms with Crippen molar-refractivity contribution in [1.82, 2.24) is 0 Å². The van der Waals surface area contributed by atoms with E-state index < -0.39 is 0 Å². The largest absolute Gasteiger partial charge is 0.491 e. The molecule has 128 valence electrons. The van der Waals surface area contributed by atoms with Gasteiger partial charge in [0.2, 0.25) is 0 Å². The van der Waals surface area contributed by atoms with Gasteiger partial charge in [-0.25, -0.2) is 0 Å². The second-order valence-corrected chi connectivity index (χ2v) is 5.71. The maximum atomic E-state index is 11.4. The molecule has 0 radical (unpaired) electrons. The molecular weight excluding hydrogens is 302 g/mol. The lowest BCUT2D eigenvalue weighted by Gasteiger charge is -2.16. The molecule has 24 heavy (non-hydrogen) atoms. The average Bonchev–Trinajstić information content (AvgIpc) is 2.61. The molecule has 0 aliphatic rings. The number of esters is 1. The predicted octanol–water partition coefficient (Wildman–Crippen LogP) is 4.22. The van der Waals surface area contributed by atoms with E-state index >= 15 is 0 Å². The van der Waals surface area contributed by atoms with E-state index in [4.69, 9.17) is 15.2 Å². The first-order chi connectivity index (χ1) is 11.7. The van der Waals surface area contributed by atoms with Crippen LogP contribution in [-0.2, 0) is 16.0 Å². The summed E-state index contributed by atoms with van der Waals surface area (Å²) in [6.45, 7) is 2.77. The van der Waals surface area contributed by atoms with Crippen LogP contribution in [0.15, 0.2) is 42.5 Å². The fourth-order valence-electron chi connectivity index (χ4n) is 2.52. The van der Waals surface area contributed by atoms with Crippen LogP contribution in [0.25, 0.3) is 11.1 Å². The Morgan fingerprint density at radius 3 is 2.58 bits per heavy atom. The number of rotatable bonds is 8. The number of aryl methyl sites for hydroxylation is 1. The molecule has 0 fully saturated rings. The Labute approximate surface area is 143 Å². The molecule has 0 heterocycles. The van der Waals surface area contributed by atoms with Gasteiger partial charge in [-0.05, 0) is 36.1 Å². The van der Waals surface area contributed by atoms with E-state index in [2.05, 4.69) is 13.0 Å². The number of methoxy groups -OCH3 is 1. The van der Waals surface area contributed by atoms with E-state index in [1.165, 1.54) is 7.11 Å². The lowest BCUT2D eigenvalue weighted by Crippen LogP contribution is -2.05. The number of ether oxygens (including phenoxy) is 2. The van der Waals surface area contributed by atoms with Crippen molar-refractivity contribution in [3.8, 4) is 16.9 Å². The highest BCUT2D eigenvalue weighted by atomic mass is 16.5. The zero-order chi connectivity index (χ0) is 17.4. The van der Waals surface area contributed by atoms with Crippen LogP contribution in [0.3, 0.4) is 0 Å². The van der Waals surface area contributed by atoms with Crippen LogP contribution >= 0.6 is 0 Å². The zero-order valence-corrected chi connectivity index (χ0v) is 14.4. The van der Waals surface area contributed by atoms with Crippen molar-refractivity contribution in [3.05, 3.63) is 48.0 Å². The van der Waals surface area contributed by atoms with Gasteiger partial charge in [0.05, 0.1) is 19.4 Å². The van der Waals surface area contributed by atoms with Crippen LogP contribution in [0.4, 0.5) is 5.69 Å². The van der Waals surface area contributed by atoms with Crippen molar-refractivity contribution in [3.63, 3.8) is 0 Å². The molecular formula is C20H25NO3. The Morgan fingerprint density at radius 2 is 1.92 bits per heavy atom. The molecule has 2 rings (SSSR count). The number of hydrogen-bond donors (Lipinski definition) is 1. The van der Waals surface area contributed by atoms with Crippen LogP contribution in [-0.4, -0.2) is 19.7 Å². The third kappa shape index (κ3) is 4.75. The second kappa shape index (κ2) is 8.96. The summed E-state index contributed by atoms with van der Waals surface area (Å²) >= 11 is 0. The first kappa shape index (κ1) is 17.9. The molecule has 0 atom stereocenters. The molecule has 0 bridgehead atoms. The Balaban J connectivity index is 2.34. The highest BCUT2D eigenvalue weighted by Gasteiger charge is 2.13. The van der Waals surface area contributed by atoms with Crippen LogP contribution in [0.2, 0.25) is 0 Å². The number of nitrogen functional groups attached to an aromatic ring is 1. The summed E-state index contributed by atoms with van der Waals surface area (Å²) in [5, 5.41) is 0. The Bertz CT molecular complexity index is 668. The van der Waals surface area contributed by atoms with Crippen molar-refractivity contribution in [2.75, 3.05) is 19.5 Å². The summed E-state index contributed by atoms with van der Waals surface area (Å²) in [6, 6.07) is 14.0. The minimum Gasteiger partial charge on any atom is -0.491 e. The first-order valence-corrected chi connectivity index (χ1v) is 8.33. The van der Waals surface area contributed by atoms with Crippen molar-refractivity contribution in [1.29, 1.82) is 0 Å². The Hall–Kier alpha value is -2.49. The maximum absolute atomic E-state index is 11.4. The van der Waals surface area contributed by atoms with Crippen LogP contribution < -0.4 is 10.5 Å². The number of carbonyl (C=O) groups excluding carboxylic acids is 1. The molecule has 4 heteroatoms. The van der Waals surface area contributed by atoms with Gasteiger partial charge in [-0.1, -0.05) is 43.7 Å². The van der Waals surface area contributed by atoms with Crippen molar-refractivity contribution in [2.45, 2.75) is 32.6 Å². The summed E-state index contributed by atoms with van der Waals surface area (Å²) in [5.74, 6) is 0.495. The normalized spacial score (nSPS) is 10.4. The van der Waals surface area contributed by atoms with Crippen LogP contribution in [0.1, 0.15) is 31.7 Å². The van der Waals surface area contributed by atoms with Gasteiger partial charge in [0.15, 0.2) is 0 Å². The summed E-state index contributed by atoms with van der Waals surface area (Å²) in [7, 11) is 1.40. The van der Waals surface area contributed by atoms with E-state index in [1.54, 1.807) is 0 Å². The molecule has 0 unspecified atom stereocenters. The average molecular weight is 327 g/mol. The minimum absolute atomic E-state index is 0.224. The van der Waals surface area contributed by atoms with Crippen molar-refractivity contribution >= 4 is 11.7 Å². The van der Waals surface area contributed by atoms with Crippen molar-refractivity contribution in [2.24, 2.45) is 0 Å². The lowest BCUT2D eigenvalue weighted by atomic mass is 9.98. The van der Waals surface area contributed by atoms with Gasteiger partial charge in [0, 0.05) is 12.0 Å². The lowest BCUT2D eigenvalue weighted by molar-refractivity contribution is -0.140. The number of unbranched alkanes of at least 4 members (excludes halogenated alkanes) is 1. The Kier molecular flexibility index (Phi) is 6.67. The summed E-state index contributed by atoms with van der Waals surface area (Å²) in [4.78, 5) is 11.4. The smallest absolute Gasteiger partial charge is 0.305 e. The van der Waals surface area contributed by atoms with Gasteiger partial charge in [-0.3, -0.25) is 4.79 Å². The molecule has 4 nitrogen and oxygen atoms in total. The number of carbonyl (C=O) groups is 1. The van der Waals surface area contributed by atoms with E-state index in [-0.39, 0.29) is 5.97 Å². The highest BCUT2D eigenvalue weighted by Crippen LogP contribution is 2.37. The number of anilines is 1. The van der Waals surface area contributed by atoms with Crippen LogP contribution in [0, 0.1) is 0 Å². The maximum Gasteiger partial charge on any atom is 0.305 e. The molecule has 0 spiro atoms. The summed E-state index contributed by atoms with van der Waals surface area (Å²) in [6.07, 6.45) is 2.97. The monoisotopic (exact) mass is 327 g/mol. The zero-order valence-electron chi connectivity index (χ0n) is 14.4. The third-order valence-electron chi connectivity index (χ3n) is 3.85.